The second-order valence-corrected chi connectivity index (χ2v) is 5.51. The number of methoxy groups -OCH3 is 1. The van der Waals surface area contributed by atoms with Crippen molar-refractivity contribution in [2.75, 3.05) is 20.3 Å². The van der Waals surface area contributed by atoms with Gasteiger partial charge >= 0.3 is 0 Å². The van der Waals surface area contributed by atoms with Crippen molar-refractivity contribution in [2.45, 2.75) is 38.6 Å². The lowest BCUT2D eigenvalue weighted by atomic mass is 10.1. The highest BCUT2D eigenvalue weighted by molar-refractivity contribution is 5.31. The predicted molar refractivity (Wildman–Crippen MR) is 72.6 cm³/mol. The van der Waals surface area contributed by atoms with Gasteiger partial charge in [0.2, 0.25) is 0 Å². The third-order valence-electron chi connectivity index (χ3n) is 3.18. The van der Waals surface area contributed by atoms with E-state index in [0.717, 1.165) is 17.9 Å². The van der Waals surface area contributed by atoms with Gasteiger partial charge in [0.1, 0.15) is 11.5 Å². The van der Waals surface area contributed by atoms with Crippen LogP contribution in [0.15, 0.2) is 24.3 Å². The van der Waals surface area contributed by atoms with E-state index in [-0.39, 0.29) is 5.60 Å². The van der Waals surface area contributed by atoms with E-state index in [9.17, 15) is 0 Å². The molecule has 0 unspecified atom stereocenters. The zero-order chi connectivity index (χ0) is 13.9. The Balaban J connectivity index is 1.80. The molecule has 4 heteroatoms. The first-order valence-corrected chi connectivity index (χ1v) is 6.53. The summed E-state index contributed by atoms with van der Waals surface area (Å²) >= 11 is 0. The fourth-order valence-corrected chi connectivity index (χ4v) is 2.16. The Morgan fingerprint density at radius 2 is 1.74 bits per heavy atom. The molecule has 0 N–H and O–H groups in total. The van der Waals surface area contributed by atoms with Crippen LogP contribution >= 0.6 is 0 Å². The largest absolute Gasteiger partial charge is 0.497 e. The molecule has 1 saturated heterocycles. The molecule has 0 amide bonds. The van der Waals surface area contributed by atoms with Crippen LogP contribution in [0.3, 0.4) is 0 Å². The van der Waals surface area contributed by atoms with Crippen molar-refractivity contribution in [3.8, 4) is 11.5 Å². The van der Waals surface area contributed by atoms with E-state index >= 15 is 0 Å². The van der Waals surface area contributed by atoms with Gasteiger partial charge in [-0.3, -0.25) is 0 Å². The zero-order valence-electron chi connectivity index (χ0n) is 12.1. The van der Waals surface area contributed by atoms with Crippen LogP contribution in [-0.2, 0) is 9.47 Å². The van der Waals surface area contributed by atoms with E-state index < -0.39 is 5.79 Å². The summed E-state index contributed by atoms with van der Waals surface area (Å²) in [6, 6.07) is 7.57. The molecule has 2 rings (SSSR count). The Hall–Kier alpha value is -1.26. The quantitative estimate of drug-likeness (QED) is 0.821. The Bertz CT molecular complexity index is 413. The SMILES string of the molecule is COc1ccc(OCC[C@]2(C)COC(C)(C)O2)cc1. The van der Waals surface area contributed by atoms with Crippen LogP contribution in [0.5, 0.6) is 11.5 Å². The second kappa shape index (κ2) is 5.39. The number of ether oxygens (including phenoxy) is 4. The summed E-state index contributed by atoms with van der Waals surface area (Å²) in [7, 11) is 1.65. The Morgan fingerprint density at radius 3 is 2.26 bits per heavy atom. The summed E-state index contributed by atoms with van der Waals surface area (Å²) in [6.45, 7) is 7.12. The lowest BCUT2D eigenvalue weighted by Gasteiger charge is -2.25. The number of rotatable bonds is 5. The molecular formula is C15H22O4. The molecule has 1 fully saturated rings. The molecule has 1 aromatic rings. The number of benzene rings is 1. The third kappa shape index (κ3) is 3.85. The molecule has 19 heavy (non-hydrogen) atoms. The lowest BCUT2D eigenvalue weighted by molar-refractivity contribution is -0.159. The van der Waals surface area contributed by atoms with Crippen molar-refractivity contribution in [1.82, 2.24) is 0 Å². The summed E-state index contributed by atoms with van der Waals surface area (Å²) in [4.78, 5) is 0. The average molecular weight is 266 g/mol. The van der Waals surface area contributed by atoms with Gasteiger partial charge in [0.25, 0.3) is 0 Å². The van der Waals surface area contributed by atoms with Gasteiger partial charge in [0.15, 0.2) is 5.79 Å². The smallest absolute Gasteiger partial charge is 0.163 e. The standard InChI is InChI=1S/C15H22O4/c1-14(2)18-11-15(3,19-14)9-10-17-13-7-5-12(16-4)6-8-13/h5-8H,9-11H2,1-4H3/t15-/m1/s1. The molecule has 1 heterocycles. The van der Waals surface area contributed by atoms with Gasteiger partial charge in [-0.15, -0.1) is 0 Å². The van der Waals surface area contributed by atoms with Crippen molar-refractivity contribution in [3.63, 3.8) is 0 Å². The Kier molecular flexibility index (Phi) is 4.02. The molecule has 4 nitrogen and oxygen atoms in total. The predicted octanol–water partition coefficient (Wildman–Crippen LogP) is 3.01. The van der Waals surface area contributed by atoms with E-state index in [1.807, 2.05) is 38.1 Å². The minimum absolute atomic E-state index is 0.268. The van der Waals surface area contributed by atoms with E-state index in [0.29, 0.717) is 13.2 Å². The summed E-state index contributed by atoms with van der Waals surface area (Å²) < 4.78 is 22.3. The molecule has 0 saturated carbocycles. The third-order valence-corrected chi connectivity index (χ3v) is 3.18. The van der Waals surface area contributed by atoms with Gasteiger partial charge in [-0.25, -0.2) is 0 Å². The molecule has 1 aliphatic heterocycles. The van der Waals surface area contributed by atoms with Gasteiger partial charge in [0.05, 0.1) is 25.9 Å². The maximum Gasteiger partial charge on any atom is 0.163 e. The van der Waals surface area contributed by atoms with E-state index in [4.69, 9.17) is 18.9 Å². The van der Waals surface area contributed by atoms with E-state index in [1.165, 1.54) is 0 Å². The van der Waals surface area contributed by atoms with Crippen molar-refractivity contribution >= 4 is 0 Å². The summed E-state index contributed by atoms with van der Waals surface area (Å²) in [6.07, 6.45) is 0.794. The van der Waals surface area contributed by atoms with Crippen molar-refractivity contribution in [2.24, 2.45) is 0 Å². The van der Waals surface area contributed by atoms with Crippen LogP contribution < -0.4 is 9.47 Å². The fourth-order valence-electron chi connectivity index (χ4n) is 2.16. The molecule has 0 bridgehead atoms. The van der Waals surface area contributed by atoms with Crippen LogP contribution in [0.25, 0.3) is 0 Å². The molecule has 1 aliphatic rings. The van der Waals surface area contributed by atoms with Gasteiger partial charge in [-0.2, -0.15) is 0 Å². The highest BCUT2D eigenvalue weighted by Crippen LogP contribution is 2.33. The normalized spacial score (nSPS) is 25.3. The Labute approximate surface area is 114 Å². The minimum Gasteiger partial charge on any atom is -0.497 e. The van der Waals surface area contributed by atoms with Crippen LogP contribution in [0, 0.1) is 0 Å². The summed E-state index contributed by atoms with van der Waals surface area (Å²) in [5, 5.41) is 0. The number of hydrogen-bond donors (Lipinski definition) is 0. The molecule has 1 aromatic carbocycles. The summed E-state index contributed by atoms with van der Waals surface area (Å²) in [5.74, 6) is 1.17. The summed E-state index contributed by atoms with van der Waals surface area (Å²) in [5.41, 5.74) is -0.268. The Morgan fingerprint density at radius 1 is 1.11 bits per heavy atom. The molecule has 0 radical (unpaired) electrons. The van der Waals surface area contributed by atoms with Crippen molar-refractivity contribution in [1.29, 1.82) is 0 Å². The van der Waals surface area contributed by atoms with Crippen LogP contribution in [-0.4, -0.2) is 31.7 Å². The molecule has 0 spiro atoms. The molecule has 106 valence electrons. The minimum atomic E-state index is -0.491. The van der Waals surface area contributed by atoms with E-state index in [2.05, 4.69) is 6.92 Å². The first kappa shape index (κ1) is 14.2. The molecular weight excluding hydrogens is 244 g/mol. The van der Waals surface area contributed by atoms with Gasteiger partial charge in [-0.05, 0) is 45.0 Å². The van der Waals surface area contributed by atoms with E-state index in [1.54, 1.807) is 7.11 Å². The number of hydrogen-bond acceptors (Lipinski definition) is 4. The van der Waals surface area contributed by atoms with Crippen LogP contribution in [0.4, 0.5) is 0 Å². The van der Waals surface area contributed by atoms with Crippen molar-refractivity contribution < 1.29 is 18.9 Å². The highest BCUT2D eigenvalue weighted by Gasteiger charge is 2.41. The van der Waals surface area contributed by atoms with Crippen LogP contribution in [0.1, 0.15) is 27.2 Å². The highest BCUT2D eigenvalue weighted by atomic mass is 16.8. The fraction of sp³-hybridized carbons (Fsp3) is 0.600. The first-order valence-electron chi connectivity index (χ1n) is 6.53. The van der Waals surface area contributed by atoms with Gasteiger partial charge < -0.3 is 18.9 Å². The van der Waals surface area contributed by atoms with Crippen LogP contribution in [0.2, 0.25) is 0 Å². The first-order chi connectivity index (χ1) is 8.92. The van der Waals surface area contributed by atoms with Gasteiger partial charge in [-0.1, -0.05) is 0 Å². The maximum absolute atomic E-state index is 5.89. The topological polar surface area (TPSA) is 36.9 Å². The second-order valence-electron chi connectivity index (χ2n) is 5.51. The monoisotopic (exact) mass is 266 g/mol. The zero-order valence-corrected chi connectivity index (χ0v) is 12.1. The molecule has 0 aliphatic carbocycles. The lowest BCUT2D eigenvalue weighted by Crippen LogP contribution is -2.32. The molecule has 1 atom stereocenters. The maximum atomic E-state index is 5.89. The molecule has 0 aromatic heterocycles. The average Bonchev–Trinajstić information content (AvgIpc) is 2.65. The van der Waals surface area contributed by atoms with Gasteiger partial charge in [0, 0.05) is 6.42 Å². The van der Waals surface area contributed by atoms with Crippen molar-refractivity contribution in [3.05, 3.63) is 24.3 Å².